The normalized spacial score (nSPS) is 16.5. The number of tetrazole rings is 1. The van der Waals surface area contributed by atoms with Gasteiger partial charge in [0.25, 0.3) is 5.56 Å². The van der Waals surface area contributed by atoms with Crippen LogP contribution in [0.1, 0.15) is 12.8 Å². The van der Waals surface area contributed by atoms with Gasteiger partial charge in [0.15, 0.2) is 0 Å². The van der Waals surface area contributed by atoms with Gasteiger partial charge < -0.3 is 9.80 Å². The summed E-state index contributed by atoms with van der Waals surface area (Å²) in [6.45, 7) is 5.23. The predicted octanol–water partition coefficient (Wildman–Crippen LogP) is -0.538. The van der Waals surface area contributed by atoms with E-state index in [4.69, 9.17) is 0 Å². The number of anilines is 1. The summed E-state index contributed by atoms with van der Waals surface area (Å²) in [5.74, 6) is 0. The molecule has 124 valence electrons. The van der Waals surface area contributed by atoms with E-state index in [0.717, 1.165) is 44.7 Å². The van der Waals surface area contributed by atoms with E-state index in [1.165, 1.54) is 4.68 Å². The van der Waals surface area contributed by atoms with E-state index in [-0.39, 0.29) is 5.56 Å². The largest absolute Gasteiger partial charge is 0.369 e. The van der Waals surface area contributed by atoms with Gasteiger partial charge in [0, 0.05) is 38.8 Å². The Kier molecular flexibility index (Phi) is 4.96. The maximum atomic E-state index is 12.2. The molecule has 3 rings (SSSR count). The van der Waals surface area contributed by atoms with Crippen LogP contribution in [0.15, 0.2) is 23.4 Å². The van der Waals surface area contributed by atoms with Gasteiger partial charge in [-0.15, -0.1) is 5.10 Å². The Labute approximate surface area is 134 Å². The van der Waals surface area contributed by atoms with Crippen LogP contribution in [0.5, 0.6) is 0 Å². The molecule has 0 bridgehead atoms. The van der Waals surface area contributed by atoms with Crippen LogP contribution < -0.4 is 10.5 Å². The molecule has 0 aromatic carbocycles. The highest BCUT2D eigenvalue weighted by molar-refractivity contribution is 5.43. The van der Waals surface area contributed by atoms with E-state index in [1.54, 1.807) is 23.3 Å². The van der Waals surface area contributed by atoms with Gasteiger partial charge in [-0.3, -0.25) is 4.79 Å². The third kappa shape index (κ3) is 4.13. The molecule has 0 radical (unpaired) electrons. The molecule has 0 atom stereocenters. The Hall–Kier alpha value is -2.29. The average Bonchev–Trinajstić information content (AvgIpc) is 2.96. The van der Waals surface area contributed by atoms with E-state index in [9.17, 15) is 4.79 Å². The van der Waals surface area contributed by atoms with Gasteiger partial charge in [-0.25, -0.2) is 9.36 Å². The van der Waals surface area contributed by atoms with E-state index in [1.807, 2.05) is 0 Å². The number of likely N-dealkylation sites (N-methyl/N-ethyl adjacent to an activating group) is 1. The van der Waals surface area contributed by atoms with Crippen LogP contribution in [0.3, 0.4) is 0 Å². The Morgan fingerprint density at radius 1 is 1.17 bits per heavy atom. The summed E-state index contributed by atoms with van der Waals surface area (Å²) in [5, 5.41) is 15.3. The van der Waals surface area contributed by atoms with Crippen LogP contribution in [0.4, 0.5) is 5.69 Å². The molecule has 0 amide bonds. The molecule has 1 aliphatic heterocycles. The van der Waals surface area contributed by atoms with Crippen LogP contribution in [0.25, 0.3) is 0 Å². The fourth-order valence-electron chi connectivity index (χ4n) is 2.73. The van der Waals surface area contributed by atoms with E-state index >= 15 is 0 Å². The molecule has 0 spiro atoms. The third-order valence-electron chi connectivity index (χ3n) is 4.09. The molecule has 2 aromatic rings. The molecule has 0 saturated carbocycles. The molecule has 1 fully saturated rings. The van der Waals surface area contributed by atoms with Crippen molar-refractivity contribution in [3.8, 4) is 0 Å². The standard InChI is InChI=1S/C14H22N8O/c1-19-4-2-5-20(9-8-19)13-10-14(23)22(16-11-13)7-3-6-21-12-15-17-18-21/h10-12H,2-9H2,1H3. The average molecular weight is 318 g/mol. The summed E-state index contributed by atoms with van der Waals surface area (Å²) < 4.78 is 3.14. The van der Waals surface area contributed by atoms with E-state index < -0.39 is 0 Å². The fraction of sp³-hybridized carbons (Fsp3) is 0.643. The van der Waals surface area contributed by atoms with E-state index in [2.05, 4.69) is 37.5 Å². The topological polar surface area (TPSA) is 85.0 Å². The molecule has 0 aliphatic carbocycles. The van der Waals surface area contributed by atoms with Crippen LogP contribution in [0.2, 0.25) is 0 Å². The molecule has 1 aliphatic rings. The molecule has 9 nitrogen and oxygen atoms in total. The summed E-state index contributed by atoms with van der Waals surface area (Å²) in [6.07, 6.45) is 5.22. The number of nitrogens with zero attached hydrogens (tertiary/aromatic N) is 8. The molecular formula is C14H22N8O. The summed E-state index contributed by atoms with van der Waals surface area (Å²) in [6, 6.07) is 1.69. The second-order valence-electron chi connectivity index (χ2n) is 5.85. The smallest absolute Gasteiger partial charge is 0.268 e. The Morgan fingerprint density at radius 2 is 2.09 bits per heavy atom. The quantitative estimate of drug-likeness (QED) is 0.732. The zero-order valence-electron chi connectivity index (χ0n) is 13.4. The van der Waals surface area contributed by atoms with Crippen LogP contribution in [0, 0.1) is 0 Å². The third-order valence-corrected chi connectivity index (χ3v) is 4.09. The van der Waals surface area contributed by atoms with Crippen molar-refractivity contribution in [3.05, 3.63) is 28.9 Å². The second kappa shape index (κ2) is 7.32. The molecule has 1 saturated heterocycles. The lowest BCUT2D eigenvalue weighted by atomic mass is 10.3. The summed E-state index contributed by atoms with van der Waals surface area (Å²) in [5.41, 5.74) is 0.860. The van der Waals surface area contributed by atoms with Crippen LogP contribution in [-0.2, 0) is 13.1 Å². The van der Waals surface area contributed by atoms with Crippen molar-refractivity contribution in [2.75, 3.05) is 38.1 Å². The molecule has 9 heteroatoms. The van der Waals surface area contributed by atoms with Gasteiger partial charge in [-0.05, 0) is 36.9 Å². The van der Waals surface area contributed by atoms with Crippen LogP contribution in [-0.4, -0.2) is 68.1 Å². The number of aromatic nitrogens is 6. The van der Waals surface area contributed by atoms with Gasteiger partial charge in [0.1, 0.15) is 6.33 Å². The molecular weight excluding hydrogens is 296 g/mol. The first-order chi connectivity index (χ1) is 11.2. The predicted molar refractivity (Wildman–Crippen MR) is 85.3 cm³/mol. The van der Waals surface area contributed by atoms with Gasteiger partial charge in [0.05, 0.1) is 11.9 Å². The van der Waals surface area contributed by atoms with Crippen molar-refractivity contribution in [1.29, 1.82) is 0 Å². The summed E-state index contributed by atoms with van der Waals surface area (Å²) >= 11 is 0. The minimum absolute atomic E-state index is 0.0585. The first-order valence-electron chi connectivity index (χ1n) is 7.94. The van der Waals surface area contributed by atoms with Crippen molar-refractivity contribution >= 4 is 5.69 Å². The van der Waals surface area contributed by atoms with Crippen LogP contribution >= 0.6 is 0 Å². The maximum absolute atomic E-state index is 12.2. The summed E-state index contributed by atoms with van der Waals surface area (Å²) in [7, 11) is 2.13. The van der Waals surface area contributed by atoms with Crippen molar-refractivity contribution in [2.24, 2.45) is 0 Å². The number of hydrogen-bond donors (Lipinski definition) is 0. The monoisotopic (exact) mass is 318 g/mol. The molecule has 0 unspecified atom stereocenters. The van der Waals surface area contributed by atoms with Crippen molar-refractivity contribution in [2.45, 2.75) is 25.9 Å². The lowest BCUT2D eigenvalue weighted by molar-refractivity contribution is 0.360. The Bertz CT molecular complexity index is 668. The van der Waals surface area contributed by atoms with Gasteiger partial charge >= 0.3 is 0 Å². The Balaban J connectivity index is 1.60. The fourth-order valence-corrected chi connectivity index (χ4v) is 2.73. The minimum atomic E-state index is -0.0585. The van der Waals surface area contributed by atoms with E-state index in [0.29, 0.717) is 13.1 Å². The highest BCUT2D eigenvalue weighted by atomic mass is 16.1. The first kappa shape index (κ1) is 15.6. The zero-order chi connectivity index (χ0) is 16.1. The number of aryl methyl sites for hydroxylation is 2. The van der Waals surface area contributed by atoms with Crippen molar-refractivity contribution < 1.29 is 0 Å². The highest BCUT2D eigenvalue weighted by Gasteiger charge is 2.13. The second-order valence-corrected chi connectivity index (χ2v) is 5.85. The van der Waals surface area contributed by atoms with Gasteiger partial charge in [0.2, 0.25) is 0 Å². The van der Waals surface area contributed by atoms with Gasteiger partial charge in [-0.2, -0.15) is 5.10 Å². The molecule has 2 aromatic heterocycles. The molecule has 0 N–H and O–H groups in total. The zero-order valence-corrected chi connectivity index (χ0v) is 13.4. The number of hydrogen-bond acceptors (Lipinski definition) is 7. The minimum Gasteiger partial charge on any atom is -0.369 e. The first-order valence-corrected chi connectivity index (χ1v) is 7.94. The Morgan fingerprint density at radius 3 is 2.87 bits per heavy atom. The molecule has 3 heterocycles. The number of rotatable bonds is 5. The lowest BCUT2D eigenvalue weighted by Gasteiger charge is -2.22. The molecule has 23 heavy (non-hydrogen) atoms. The lowest BCUT2D eigenvalue weighted by Crippen LogP contribution is -2.31. The summed E-state index contributed by atoms with van der Waals surface area (Å²) in [4.78, 5) is 16.8. The van der Waals surface area contributed by atoms with Gasteiger partial charge in [-0.1, -0.05) is 0 Å². The highest BCUT2D eigenvalue weighted by Crippen LogP contribution is 2.12. The van der Waals surface area contributed by atoms with Crippen molar-refractivity contribution in [3.63, 3.8) is 0 Å². The SMILES string of the molecule is CN1CCCN(c2cnn(CCCn3cnnn3)c(=O)c2)CC1. The maximum Gasteiger partial charge on any atom is 0.268 e. The van der Waals surface area contributed by atoms with Crippen molar-refractivity contribution in [1.82, 2.24) is 34.9 Å².